The van der Waals surface area contributed by atoms with E-state index in [0.29, 0.717) is 9.10 Å². The maximum Gasteiger partial charge on any atom is 0.357 e. The second-order valence-corrected chi connectivity index (χ2v) is 10.1. The number of halogens is 1. The molecule has 0 aromatic heterocycles. The summed E-state index contributed by atoms with van der Waals surface area (Å²) >= 11 is 5.80. The summed E-state index contributed by atoms with van der Waals surface area (Å²) in [6.45, 7) is 5.81. The first-order valence-corrected chi connectivity index (χ1v) is 11.4. The number of hydrogen-bond donors (Lipinski definition) is 1. The van der Waals surface area contributed by atoms with E-state index in [1.807, 2.05) is 0 Å². The molecule has 1 aromatic rings. The second kappa shape index (κ2) is 9.82. The number of carbonyl (C=O) groups excluding carboxylic acids is 1. The third-order valence-corrected chi connectivity index (χ3v) is 8.25. The molecule has 0 bridgehead atoms. The molecule has 0 heterocycles. The molecule has 8 nitrogen and oxygen atoms in total. The number of hydrogen-bond acceptors (Lipinski definition) is 6. The number of nitrogens with zero attached hydrogens (tertiary/aromatic N) is 1. The summed E-state index contributed by atoms with van der Waals surface area (Å²) in [6, 6.07) is 4.94. The Morgan fingerprint density at radius 1 is 1.23 bits per heavy atom. The van der Waals surface area contributed by atoms with Gasteiger partial charge in [0.15, 0.2) is 0 Å². The fourth-order valence-corrected chi connectivity index (χ4v) is 6.49. The van der Waals surface area contributed by atoms with E-state index in [1.165, 1.54) is 24.3 Å². The second-order valence-electron chi connectivity index (χ2n) is 5.47. The number of nitrogens with one attached hydrogen (secondary N) is 1. The van der Waals surface area contributed by atoms with Crippen LogP contribution in [0.4, 0.5) is 0 Å². The summed E-state index contributed by atoms with van der Waals surface area (Å²) in [5, 5.41) is 2.98. The van der Waals surface area contributed by atoms with Gasteiger partial charge in [0, 0.05) is 11.1 Å². The molecule has 1 aromatic carbocycles. The molecule has 0 aliphatic rings. The van der Waals surface area contributed by atoms with Crippen molar-refractivity contribution in [1.82, 2.24) is 9.16 Å². The summed E-state index contributed by atoms with van der Waals surface area (Å²) < 4.78 is 50.1. The Balaban J connectivity index is 3.44. The maximum absolute atomic E-state index is 13.3. The van der Waals surface area contributed by atoms with Crippen LogP contribution < -0.4 is 5.09 Å². The SMILES string of the molecule is CCOC(=O)CN(P(=O)(NC(C)C)OCC)S(=O)(=O)c1ccc(Cl)cc1. The highest BCUT2D eigenvalue weighted by molar-refractivity contribution is 7.94. The highest BCUT2D eigenvalue weighted by atomic mass is 35.5. The van der Waals surface area contributed by atoms with E-state index in [-0.39, 0.29) is 24.2 Å². The molecule has 0 fully saturated rings. The van der Waals surface area contributed by atoms with Crippen molar-refractivity contribution in [2.75, 3.05) is 19.8 Å². The zero-order valence-corrected chi connectivity index (χ0v) is 17.6. The summed E-state index contributed by atoms with van der Waals surface area (Å²) in [4.78, 5) is 11.8. The summed E-state index contributed by atoms with van der Waals surface area (Å²) in [5.41, 5.74) is 0. The fraction of sp³-hybridized carbons (Fsp3) is 0.533. The topological polar surface area (TPSA) is 102 Å². The Labute approximate surface area is 159 Å². The largest absolute Gasteiger partial charge is 0.465 e. The minimum atomic E-state index is -4.33. The van der Waals surface area contributed by atoms with Gasteiger partial charge >= 0.3 is 13.6 Å². The Kier molecular flexibility index (Phi) is 8.72. The van der Waals surface area contributed by atoms with Crippen molar-refractivity contribution in [2.45, 2.75) is 38.6 Å². The molecule has 0 aliphatic carbocycles. The van der Waals surface area contributed by atoms with Crippen molar-refractivity contribution in [3.05, 3.63) is 29.3 Å². The van der Waals surface area contributed by atoms with Crippen LogP contribution in [-0.4, -0.2) is 44.3 Å². The van der Waals surface area contributed by atoms with Crippen molar-refractivity contribution >= 4 is 35.3 Å². The average molecular weight is 427 g/mol. The predicted octanol–water partition coefficient (Wildman–Crippen LogP) is 3.04. The summed E-state index contributed by atoms with van der Waals surface area (Å²) in [7, 11) is -8.43. The van der Waals surface area contributed by atoms with Gasteiger partial charge in [-0.2, -0.15) is 0 Å². The molecule has 26 heavy (non-hydrogen) atoms. The van der Waals surface area contributed by atoms with Crippen molar-refractivity contribution in [2.24, 2.45) is 0 Å². The van der Waals surface area contributed by atoms with E-state index in [4.69, 9.17) is 20.9 Å². The van der Waals surface area contributed by atoms with Crippen molar-refractivity contribution in [3.63, 3.8) is 0 Å². The molecular weight excluding hydrogens is 403 g/mol. The number of ether oxygens (including phenoxy) is 1. The molecule has 0 amide bonds. The quantitative estimate of drug-likeness (QED) is 0.453. The maximum atomic E-state index is 13.3. The van der Waals surface area contributed by atoms with Crippen LogP contribution >= 0.6 is 19.3 Å². The van der Waals surface area contributed by atoms with Gasteiger partial charge in [-0.25, -0.2) is 13.5 Å². The normalized spacial score (nSPS) is 14.4. The zero-order valence-electron chi connectivity index (χ0n) is 15.1. The first-order valence-electron chi connectivity index (χ1n) is 8.03. The lowest BCUT2D eigenvalue weighted by Gasteiger charge is -2.30. The van der Waals surface area contributed by atoms with Crippen molar-refractivity contribution in [1.29, 1.82) is 0 Å². The molecule has 0 saturated carbocycles. The van der Waals surface area contributed by atoms with Gasteiger partial charge in [-0.05, 0) is 52.0 Å². The van der Waals surface area contributed by atoms with Gasteiger partial charge in [0.2, 0.25) is 0 Å². The van der Waals surface area contributed by atoms with Gasteiger partial charge in [0.05, 0.1) is 18.1 Å². The van der Waals surface area contributed by atoms with E-state index >= 15 is 0 Å². The molecule has 148 valence electrons. The van der Waals surface area contributed by atoms with E-state index in [2.05, 4.69) is 5.09 Å². The van der Waals surface area contributed by atoms with Gasteiger partial charge < -0.3 is 9.26 Å². The molecular formula is C15H24ClN2O6PS. The third kappa shape index (κ3) is 6.04. The molecule has 1 unspecified atom stereocenters. The Hall–Kier alpha value is -0.960. The Bertz CT molecular complexity index is 754. The average Bonchev–Trinajstić information content (AvgIpc) is 2.52. The fourth-order valence-electron chi connectivity index (χ4n) is 2.03. The van der Waals surface area contributed by atoms with Crippen LogP contribution in [0, 0.1) is 0 Å². The van der Waals surface area contributed by atoms with Gasteiger partial charge in [-0.15, -0.1) is 0 Å². The molecule has 0 radical (unpaired) electrons. The summed E-state index contributed by atoms with van der Waals surface area (Å²) in [5.74, 6) is -0.837. The Morgan fingerprint density at radius 3 is 2.27 bits per heavy atom. The monoisotopic (exact) mass is 426 g/mol. The Morgan fingerprint density at radius 2 is 1.81 bits per heavy atom. The minimum Gasteiger partial charge on any atom is -0.465 e. The molecule has 1 N–H and O–H groups in total. The van der Waals surface area contributed by atoms with Crippen LogP contribution in [0.1, 0.15) is 27.7 Å². The molecule has 1 atom stereocenters. The molecule has 0 aliphatic heterocycles. The standard InChI is InChI=1S/C15H24ClN2O6PS/c1-5-23-15(19)11-18(25(20,24-6-2)17-12(3)4)26(21,22)14-9-7-13(16)8-10-14/h7-10,12H,5-6,11H2,1-4H3,(H,17,20). The van der Waals surface area contributed by atoms with E-state index < -0.39 is 30.2 Å². The summed E-state index contributed by atoms with van der Waals surface area (Å²) in [6.07, 6.45) is 0. The molecule has 0 spiro atoms. The molecule has 0 saturated heterocycles. The van der Waals surface area contributed by atoms with Crippen LogP contribution in [0.15, 0.2) is 29.2 Å². The van der Waals surface area contributed by atoms with Crippen LogP contribution in [0.25, 0.3) is 0 Å². The number of esters is 1. The van der Waals surface area contributed by atoms with Crippen LogP contribution in [-0.2, 0) is 28.6 Å². The van der Waals surface area contributed by atoms with Gasteiger partial charge in [-0.3, -0.25) is 9.36 Å². The number of rotatable bonds is 10. The van der Waals surface area contributed by atoms with Crippen LogP contribution in [0.2, 0.25) is 5.02 Å². The van der Waals surface area contributed by atoms with Crippen molar-refractivity contribution in [3.8, 4) is 0 Å². The van der Waals surface area contributed by atoms with Gasteiger partial charge in [0.1, 0.15) is 6.54 Å². The first-order chi connectivity index (χ1) is 12.1. The van der Waals surface area contributed by atoms with Gasteiger partial charge in [0.25, 0.3) is 10.0 Å². The van der Waals surface area contributed by atoms with E-state index in [0.717, 1.165) is 0 Å². The molecule has 11 heteroatoms. The molecule has 1 rings (SSSR count). The third-order valence-electron chi connectivity index (χ3n) is 2.98. The number of sulfonamides is 1. The zero-order chi connectivity index (χ0) is 20.0. The van der Waals surface area contributed by atoms with Crippen molar-refractivity contribution < 1.29 is 27.0 Å². The lowest BCUT2D eigenvalue weighted by atomic mass is 10.4. The number of benzene rings is 1. The smallest absolute Gasteiger partial charge is 0.357 e. The number of carbonyl (C=O) groups is 1. The highest BCUT2D eigenvalue weighted by Gasteiger charge is 2.43. The predicted molar refractivity (Wildman–Crippen MR) is 99.5 cm³/mol. The minimum absolute atomic E-state index is 0.0214. The van der Waals surface area contributed by atoms with E-state index in [9.17, 15) is 17.8 Å². The highest BCUT2D eigenvalue weighted by Crippen LogP contribution is 2.50. The van der Waals surface area contributed by atoms with Gasteiger partial charge in [-0.1, -0.05) is 15.7 Å². The van der Waals surface area contributed by atoms with Crippen LogP contribution in [0.3, 0.4) is 0 Å². The first kappa shape index (κ1) is 23.1. The van der Waals surface area contributed by atoms with E-state index in [1.54, 1.807) is 27.7 Å². The van der Waals surface area contributed by atoms with Crippen LogP contribution in [0.5, 0.6) is 0 Å². The lowest BCUT2D eigenvalue weighted by Crippen LogP contribution is -2.40. The lowest BCUT2D eigenvalue weighted by molar-refractivity contribution is -0.142.